The van der Waals surface area contributed by atoms with Crippen molar-refractivity contribution in [2.45, 2.75) is 31.8 Å². The number of amides is 2. The van der Waals surface area contributed by atoms with E-state index in [-0.39, 0.29) is 12.3 Å². The van der Waals surface area contributed by atoms with Gasteiger partial charge in [0.15, 0.2) is 0 Å². The van der Waals surface area contributed by atoms with Crippen molar-refractivity contribution in [3.63, 3.8) is 0 Å². The SMILES string of the molecule is COC(=O)[C@@H](C/C=C/c1ccccc1)NC(=O)[C@H](Cc1ccccc1)NC(C)=O. The third-order valence-corrected chi connectivity index (χ3v) is 4.26. The molecule has 0 spiro atoms. The maximum atomic E-state index is 12.8. The van der Waals surface area contributed by atoms with Crippen molar-refractivity contribution in [1.82, 2.24) is 10.6 Å². The fourth-order valence-corrected chi connectivity index (χ4v) is 2.84. The molecule has 2 aromatic rings. The van der Waals surface area contributed by atoms with Gasteiger partial charge in [-0.25, -0.2) is 4.79 Å². The van der Waals surface area contributed by atoms with Gasteiger partial charge < -0.3 is 15.4 Å². The number of carbonyl (C=O) groups excluding carboxylic acids is 3. The minimum atomic E-state index is -0.848. The van der Waals surface area contributed by atoms with E-state index in [2.05, 4.69) is 10.6 Å². The van der Waals surface area contributed by atoms with Gasteiger partial charge in [0.05, 0.1) is 7.11 Å². The van der Waals surface area contributed by atoms with Gasteiger partial charge in [-0.15, -0.1) is 0 Å². The first-order chi connectivity index (χ1) is 14.0. The molecule has 6 nitrogen and oxygen atoms in total. The fraction of sp³-hybridized carbons (Fsp3) is 0.261. The van der Waals surface area contributed by atoms with Crippen LogP contribution < -0.4 is 10.6 Å². The molecule has 0 heterocycles. The summed E-state index contributed by atoms with van der Waals surface area (Å²) < 4.78 is 4.82. The Kier molecular flexibility index (Phi) is 8.63. The highest BCUT2D eigenvalue weighted by atomic mass is 16.5. The fourth-order valence-electron chi connectivity index (χ4n) is 2.84. The summed E-state index contributed by atoms with van der Waals surface area (Å²) in [5.74, 6) is -1.30. The van der Waals surface area contributed by atoms with Crippen LogP contribution in [-0.4, -0.2) is 37.0 Å². The smallest absolute Gasteiger partial charge is 0.328 e. The van der Waals surface area contributed by atoms with Gasteiger partial charge in [0, 0.05) is 13.3 Å². The molecule has 0 aliphatic heterocycles. The summed E-state index contributed by atoms with van der Waals surface area (Å²) in [4.78, 5) is 36.5. The second-order valence-corrected chi connectivity index (χ2v) is 6.58. The van der Waals surface area contributed by atoms with Crippen molar-refractivity contribution in [2.75, 3.05) is 7.11 Å². The molecule has 0 bridgehead atoms. The van der Waals surface area contributed by atoms with Crippen LogP contribution in [0.3, 0.4) is 0 Å². The number of nitrogens with one attached hydrogen (secondary N) is 2. The van der Waals surface area contributed by atoms with Crippen molar-refractivity contribution in [3.8, 4) is 0 Å². The number of rotatable bonds is 9. The second kappa shape index (κ2) is 11.4. The third kappa shape index (κ3) is 7.62. The molecular weight excluding hydrogens is 368 g/mol. The van der Waals surface area contributed by atoms with Crippen LogP contribution in [0.5, 0.6) is 0 Å². The minimum absolute atomic E-state index is 0.269. The quantitative estimate of drug-likeness (QED) is 0.640. The van der Waals surface area contributed by atoms with E-state index in [0.29, 0.717) is 6.42 Å². The highest BCUT2D eigenvalue weighted by molar-refractivity contribution is 5.90. The molecule has 2 aromatic carbocycles. The molecule has 2 amide bonds. The zero-order valence-corrected chi connectivity index (χ0v) is 16.6. The molecule has 2 rings (SSSR count). The van der Waals surface area contributed by atoms with E-state index < -0.39 is 24.0 Å². The van der Waals surface area contributed by atoms with Gasteiger partial charge in [-0.05, 0) is 17.5 Å². The first-order valence-corrected chi connectivity index (χ1v) is 9.40. The van der Waals surface area contributed by atoms with Gasteiger partial charge in [-0.3, -0.25) is 9.59 Å². The summed E-state index contributed by atoms with van der Waals surface area (Å²) in [6.45, 7) is 1.35. The molecule has 0 aromatic heterocycles. The Balaban J connectivity index is 2.07. The van der Waals surface area contributed by atoms with Crippen LogP contribution >= 0.6 is 0 Å². The monoisotopic (exact) mass is 394 g/mol. The Labute approximate surface area is 171 Å². The number of carbonyl (C=O) groups is 3. The molecule has 0 aliphatic carbocycles. The van der Waals surface area contributed by atoms with E-state index in [4.69, 9.17) is 4.74 Å². The van der Waals surface area contributed by atoms with E-state index in [1.165, 1.54) is 14.0 Å². The summed E-state index contributed by atoms with van der Waals surface area (Å²) in [7, 11) is 1.28. The maximum Gasteiger partial charge on any atom is 0.328 e. The number of hydrogen-bond acceptors (Lipinski definition) is 4. The van der Waals surface area contributed by atoms with E-state index in [0.717, 1.165) is 11.1 Å². The molecule has 0 aliphatic rings. The molecule has 0 unspecified atom stereocenters. The number of ether oxygens (including phenoxy) is 1. The largest absolute Gasteiger partial charge is 0.467 e. The Hall–Kier alpha value is -3.41. The van der Waals surface area contributed by atoms with Crippen molar-refractivity contribution in [1.29, 1.82) is 0 Å². The summed E-state index contributed by atoms with van der Waals surface area (Å²) in [5.41, 5.74) is 1.89. The molecule has 2 N–H and O–H groups in total. The normalized spacial score (nSPS) is 12.8. The second-order valence-electron chi connectivity index (χ2n) is 6.58. The van der Waals surface area contributed by atoms with Crippen LogP contribution in [0.1, 0.15) is 24.5 Å². The van der Waals surface area contributed by atoms with Crippen molar-refractivity contribution in [2.24, 2.45) is 0 Å². The number of hydrogen-bond donors (Lipinski definition) is 2. The maximum absolute atomic E-state index is 12.8. The lowest BCUT2D eigenvalue weighted by Gasteiger charge is -2.21. The van der Waals surface area contributed by atoms with Gasteiger partial charge in [-0.1, -0.05) is 72.8 Å². The number of benzene rings is 2. The predicted octanol–water partition coefficient (Wildman–Crippen LogP) is 2.50. The molecular formula is C23H26N2O4. The highest BCUT2D eigenvalue weighted by Crippen LogP contribution is 2.07. The molecule has 152 valence electrons. The number of methoxy groups -OCH3 is 1. The van der Waals surface area contributed by atoms with Gasteiger partial charge >= 0.3 is 5.97 Å². The van der Waals surface area contributed by atoms with Gasteiger partial charge in [0.1, 0.15) is 12.1 Å². The van der Waals surface area contributed by atoms with Crippen LogP contribution in [0.15, 0.2) is 66.7 Å². The summed E-state index contributed by atoms with van der Waals surface area (Å²) in [6, 6.07) is 17.4. The Morgan fingerprint density at radius 1 is 0.931 bits per heavy atom. The highest BCUT2D eigenvalue weighted by Gasteiger charge is 2.26. The van der Waals surface area contributed by atoms with Gasteiger partial charge in [0.2, 0.25) is 11.8 Å². The van der Waals surface area contributed by atoms with Crippen molar-refractivity contribution in [3.05, 3.63) is 77.9 Å². The topological polar surface area (TPSA) is 84.5 Å². The summed E-state index contributed by atoms with van der Waals surface area (Å²) >= 11 is 0. The Morgan fingerprint density at radius 2 is 1.55 bits per heavy atom. The van der Waals surface area contributed by atoms with E-state index in [9.17, 15) is 14.4 Å². The molecule has 0 saturated carbocycles. The van der Waals surface area contributed by atoms with Crippen LogP contribution in [0.2, 0.25) is 0 Å². The van der Waals surface area contributed by atoms with Gasteiger partial charge in [0.25, 0.3) is 0 Å². The predicted molar refractivity (Wildman–Crippen MR) is 112 cm³/mol. The molecule has 2 atom stereocenters. The third-order valence-electron chi connectivity index (χ3n) is 4.26. The lowest BCUT2D eigenvalue weighted by Crippen LogP contribution is -2.52. The first-order valence-electron chi connectivity index (χ1n) is 9.40. The zero-order valence-electron chi connectivity index (χ0n) is 16.6. The molecule has 6 heteroatoms. The molecule has 0 fully saturated rings. The van der Waals surface area contributed by atoms with Crippen LogP contribution in [0.4, 0.5) is 0 Å². The standard InChI is InChI=1S/C23H26N2O4/c1-17(26)24-21(16-19-12-7-4-8-13-19)22(27)25-20(23(28)29-2)15-9-14-18-10-5-3-6-11-18/h3-14,20-21H,15-16H2,1-2H3,(H,24,26)(H,25,27)/b14-9+/t20-,21+/m1/s1. The Bertz CT molecular complexity index is 834. The summed E-state index contributed by atoms with van der Waals surface area (Å²) in [5, 5.41) is 5.35. The molecule has 29 heavy (non-hydrogen) atoms. The average Bonchev–Trinajstić information content (AvgIpc) is 2.73. The zero-order chi connectivity index (χ0) is 21.1. The van der Waals surface area contributed by atoms with Crippen molar-refractivity contribution >= 4 is 23.9 Å². The number of esters is 1. The van der Waals surface area contributed by atoms with E-state index in [1.807, 2.05) is 72.8 Å². The van der Waals surface area contributed by atoms with E-state index >= 15 is 0 Å². The van der Waals surface area contributed by atoms with Crippen molar-refractivity contribution < 1.29 is 19.1 Å². The average molecular weight is 394 g/mol. The van der Waals surface area contributed by atoms with Crippen LogP contribution in [0.25, 0.3) is 6.08 Å². The van der Waals surface area contributed by atoms with Crippen LogP contribution in [-0.2, 0) is 25.5 Å². The Morgan fingerprint density at radius 3 is 2.14 bits per heavy atom. The summed E-state index contributed by atoms with van der Waals surface area (Å²) in [6.07, 6.45) is 4.27. The first kappa shape index (κ1) is 21.9. The molecule has 0 radical (unpaired) electrons. The van der Waals surface area contributed by atoms with E-state index in [1.54, 1.807) is 0 Å². The van der Waals surface area contributed by atoms with Gasteiger partial charge in [-0.2, -0.15) is 0 Å². The lowest BCUT2D eigenvalue weighted by atomic mass is 10.0. The molecule has 0 saturated heterocycles. The van der Waals surface area contributed by atoms with Crippen LogP contribution in [0, 0.1) is 0 Å². The minimum Gasteiger partial charge on any atom is -0.467 e. The lowest BCUT2D eigenvalue weighted by molar-refractivity contribution is -0.145.